The zero-order chi connectivity index (χ0) is 14.3. The van der Waals surface area contributed by atoms with Crippen molar-refractivity contribution in [3.8, 4) is 0 Å². The van der Waals surface area contributed by atoms with Gasteiger partial charge in [-0.3, -0.25) is 4.79 Å². The van der Waals surface area contributed by atoms with Gasteiger partial charge in [0.2, 0.25) is 5.91 Å². The molecule has 0 aliphatic rings. The SMILES string of the molecule is CCCCN(CC(F)(F)F)C(=O)[C@@H](N)CC(C)C. The van der Waals surface area contributed by atoms with Gasteiger partial charge in [0.15, 0.2) is 0 Å². The molecule has 0 unspecified atom stereocenters. The van der Waals surface area contributed by atoms with Crippen LogP contribution < -0.4 is 5.73 Å². The van der Waals surface area contributed by atoms with E-state index in [-0.39, 0.29) is 12.5 Å². The smallest absolute Gasteiger partial charge is 0.332 e. The number of halogens is 3. The molecule has 0 aromatic rings. The highest BCUT2D eigenvalue weighted by Gasteiger charge is 2.34. The van der Waals surface area contributed by atoms with E-state index in [9.17, 15) is 18.0 Å². The van der Waals surface area contributed by atoms with Crippen molar-refractivity contribution in [2.24, 2.45) is 11.7 Å². The zero-order valence-electron chi connectivity index (χ0n) is 11.3. The first-order valence-electron chi connectivity index (χ1n) is 6.28. The lowest BCUT2D eigenvalue weighted by Crippen LogP contribution is -2.48. The zero-order valence-corrected chi connectivity index (χ0v) is 11.3. The van der Waals surface area contributed by atoms with Gasteiger partial charge >= 0.3 is 6.18 Å². The van der Waals surface area contributed by atoms with Gasteiger partial charge in [-0.15, -0.1) is 0 Å². The summed E-state index contributed by atoms with van der Waals surface area (Å²) in [7, 11) is 0. The van der Waals surface area contributed by atoms with Crippen molar-refractivity contribution in [2.45, 2.75) is 52.3 Å². The van der Waals surface area contributed by atoms with E-state index in [4.69, 9.17) is 5.73 Å². The van der Waals surface area contributed by atoms with Crippen molar-refractivity contribution in [3.05, 3.63) is 0 Å². The van der Waals surface area contributed by atoms with E-state index >= 15 is 0 Å². The Labute approximate surface area is 107 Å². The molecule has 108 valence electrons. The summed E-state index contributed by atoms with van der Waals surface area (Å²) in [5.74, 6) is -0.419. The molecule has 0 saturated heterocycles. The van der Waals surface area contributed by atoms with Crippen LogP contribution in [0.4, 0.5) is 13.2 Å². The Bertz CT molecular complexity index is 254. The van der Waals surface area contributed by atoms with Gasteiger partial charge in [-0.1, -0.05) is 27.2 Å². The number of nitrogens with zero attached hydrogens (tertiary/aromatic N) is 1. The second kappa shape index (κ2) is 7.61. The molecule has 0 radical (unpaired) electrons. The van der Waals surface area contributed by atoms with E-state index in [1.807, 2.05) is 20.8 Å². The fourth-order valence-corrected chi connectivity index (χ4v) is 1.68. The molecule has 0 fully saturated rings. The highest BCUT2D eigenvalue weighted by molar-refractivity contribution is 5.81. The molecule has 18 heavy (non-hydrogen) atoms. The summed E-state index contributed by atoms with van der Waals surface area (Å²) < 4.78 is 37.2. The van der Waals surface area contributed by atoms with Gasteiger partial charge in [-0.25, -0.2) is 0 Å². The molecule has 0 spiro atoms. The third-order valence-corrected chi connectivity index (χ3v) is 2.51. The lowest BCUT2D eigenvalue weighted by Gasteiger charge is -2.27. The molecule has 0 bridgehead atoms. The summed E-state index contributed by atoms with van der Waals surface area (Å²) in [6, 6.07) is -0.843. The molecule has 0 aliphatic carbocycles. The van der Waals surface area contributed by atoms with Crippen LogP contribution in [0.15, 0.2) is 0 Å². The number of carbonyl (C=O) groups is 1. The van der Waals surface area contributed by atoms with Crippen LogP contribution in [-0.2, 0) is 4.79 Å². The van der Waals surface area contributed by atoms with Crippen LogP contribution in [0.3, 0.4) is 0 Å². The average molecular weight is 268 g/mol. The minimum absolute atomic E-state index is 0.112. The Morgan fingerprint density at radius 1 is 1.33 bits per heavy atom. The number of carbonyl (C=O) groups excluding carboxylic acids is 1. The summed E-state index contributed by atoms with van der Waals surface area (Å²) >= 11 is 0. The molecule has 0 heterocycles. The number of rotatable bonds is 7. The van der Waals surface area contributed by atoms with Gasteiger partial charge in [0.25, 0.3) is 0 Å². The van der Waals surface area contributed by atoms with Crippen LogP contribution in [0.25, 0.3) is 0 Å². The second-order valence-electron chi connectivity index (χ2n) is 4.96. The van der Waals surface area contributed by atoms with E-state index in [1.54, 1.807) is 0 Å². The minimum atomic E-state index is -4.37. The van der Waals surface area contributed by atoms with Crippen LogP contribution in [0.1, 0.15) is 40.0 Å². The highest BCUT2D eigenvalue weighted by Crippen LogP contribution is 2.18. The fraction of sp³-hybridized carbons (Fsp3) is 0.917. The molecule has 6 heteroatoms. The number of hydrogen-bond donors (Lipinski definition) is 1. The Kier molecular flexibility index (Phi) is 7.28. The molecule has 0 aromatic carbocycles. The largest absolute Gasteiger partial charge is 0.406 e. The predicted octanol–water partition coefficient (Wildman–Crippen LogP) is 2.55. The van der Waals surface area contributed by atoms with Crippen LogP contribution in [0.2, 0.25) is 0 Å². The maximum Gasteiger partial charge on any atom is 0.406 e. The lowest BCUT2D eigenvalue weighted by molar-refractivity contribution is -0.162. The van der Waals surface area contributed by atoms with Crippen molar-refractivity contribution in [3.63, 3.8) is 0 Å². The number of unbranched alkanes of at least 4 members (excludes halogenated alkanes) is 1. The molecule has 1 atom stereocenters. The van der Waals surface area contributed by atoms with E-state index in [0.717, 1.165) is 11.3 Å². The normalized spacial score (nSPS) is 13.8. The molecule has 0 aliphatic heterocycles. The lowest BCUT2D eigenvalue weighted by atomic mass is 10.0. The second-order valence-corrected chi connectivity index (χ2v) is 4.96. The molecule has 3 nitrogen and oxygen atoms in total. The number of amides is 1. The number of alkyl halides is 3. The molecular formula is C12H23F3N2O. The third-order valence-electron chi connectivity index (χ3n) is 2.51. The van der Waals surface area contributed by atoms with Gasteiger partial charge in [0, 0.05) is 6.54 Å². The van der Waals surface area contributed by atoms with Gasteiger partial charge in [-0.2, -0.15) is 13.2 Å². The highest BCUT2D eigenvalue weighted by atomic mass is 19.4. The molecule has 0 saturated carbocycles. The van der Waals surface area contributed by atoms with E-state index in [2.05, 4.69) is 0 Å². The monoisotopic (exact) mass is 268 g/mol. The third kappa shape index (κ3) is 7.53. The van der Waals surface area contributed by atoms with Gasteiger partial charge < -0.3 is 10.6 Å². The minimum Gasteiger partial charge on any atom is -0.332 e. The van der Waals surface area contributed by atoms with Gasteiger partial charge in [0.05, 0.1) is 6.04 Å². The van der Waals surface area contributed by atoms with Crippen molar-refractivity contribution >= 4 is 5.91 Å². The standard InChI is InChI=1S/C12H23F3N2O/c1-4-5-6-17(8-12(13,14)15)11(18)10(16)7-9(2)3/h9-10H,4-8,16H2,1-3H3/t10-/m0/s1. The maximum atomic E-state index is 12.4. The summed E-state index contributed by atoms with van der Waals surface area (Å²) in [4.78, 5) is 12.7. The van der Waals surface area contributed by atoms with Crippen molar-refractivity contribution in [2.75, 3.05) is 13.1 Å². The van der Waals surface area contributed by atoms with E-state index in [1.165, 1.54) is 0 Å². The van der Waals surface area contributed by atoms with E-state index < -0.39 is 24.7 Å². The molecule has 2 N–H and O–H groups in total. The van der Waals surface area contributed by atoms with Crippen molar-refractivity contribution < 1.29 is 18.0 Å². The quantitative estimate of drug-likeness (QED) is 0.771. The Balaban J connectivity index is 4.57. The summed E-state index contributed by atoms with van der Waals surface area (Å²) in [5.41, 5.74) is 5.65. The molecular weight excluding hydrogens is 245 g/mol. The van der Waals surface area contributed by atoms with Gasteiger partial charge in [-0.05, 0) is 18.8 Å². The first-order chi connectivity index (χ1) is 8.17. The number of hydrogen-bond acceptors (Lipinski definition) is 2. The molecule has 0 rings (SSSR count). The van der Waals surface area contributed by atoms with Gasteiger partial charge in [0.1, 0.15) is 6.54 Å². The van der Waals surface area contributed by atoms with Crippen LogP contribution in [-0.4, -0.2) is 36.1 Å². The van der Waals surface area contributed by atoms with Crippen molar-refractivity contribution in [1.29, 1.82) is 0 Å². The topological polar surface area (TPSA) is 46.3 Å². The fourth-order valence-electron chi connectivity index (χ4n) is 1.68. The maximum absolute atomic E-state index is 12.4. The molecule has 1 amide bonds. The van der Waals surface area contributed by atoms with E-state index in [0.29, 0.717) is 12.8 Å². The first kappa shape index (κ1) is 17.2. The van der Waals surface area contributed by atoms with Crippen LogP contribution in [0, 0.1) is 5.92 Å². The summed E-state index contributed by atoms with van der Waals surface area (Å²) in [5, 5.41) is 0. The van der Waals surface area contributed by atoms with Crippen LogP contribution in [0.5, 0.6) is 0 Å². The molecule has 0 aromatic heterocycles. The summed E-state index contributed by atoms with van der Waals surface area (Å²) in [6.07, 6.45) is -2.68. The number of nitrogens with two attached hydrogens (primary N) is 1. The Morgan fingerprint density at radius 3 is 2.28 bits per heavy atom. The predicted molar refractivity (Wildman–Crippen MR) is 65.0 cm³/mol. The Hall–Kier alpha value is -0.780. The first-order valence-corrected chi connectivity index (χ1v) is 6.28. The Morgan fingerprint density at radius 2 is 1.89 bits per heavy atom. The average Bonchev–Trinajstić information content (AvgIpc) is 2.20. The van der Waals surface area contributed by atoms with Crippen LogP contribution >= 0.6 is 0 Å². The summed E-state index contributed by atoms with van der Waals surface area (Å²) in [6.45, 7) is 4.53. The van der Waals surface area contributed by atoms with Crippen molar-refractivity contribution in [1.82, 2.24) is 4.90 Å².